The van der Waals surface area contributed by atoms with Crippen molar-refractivity contribution in [1.29, 1.82) is 0 Å². The fourth-order valence-corrected chi connectivity index (χ4v) is 2.66. The van der Waals surface area contributed by atoms with Crippen molar-refractivity contribution < 1.29 is 9.53 Å². The zero-order chi connectivity index (χ0) is 11.8. The number of amides is 1. The number of ether oxygens (including phenoxy) is 1. The highest BCUT2D eigenvalue weighted by atomic mass is 35.5. The fourth-order valence-electron chi connectivity index (χ4n) is 2.55. The minimum absolute atomic E-state index is 0.102. The van der Waals surface area contributed by atoms with Crippen LogP contribution in [0.2, 0.25) is 5.15 Å². The Bertz CT molecular complexity index is 435. The van der Waals surface area contributed by atoms with Gasteiger partial charge in [0.05, 0.1) is 23.8 Å². The lowest BCUT2D eigenvalue weighted by Gasteiger charge is -2.19. The molecule has 3 atom stereocenters. The first kappa shape index (κ1) is 11.0. The summed E-state index contributed by atoms with van der Waals surface area (Å²) in [5, 5.41) is 3.39. The molecule has 3 heterocycles. The number of nitrogens with zero attached hydrogens (tertiary/aromatic N) is 1. The Kier molecular flexibility index (Phi) is 2.76. The largest absolute Gasteiger partial charge is 0.373 e. The molecule has 0 aliphatic carbocycles. The van der Waals surface area contributed by atoms with Crippen LogP contribution in [-0.2, 0) is 4.74 Å². The highest BCUT2D eigenvalue weighted by Crippen LogP contribution is 2.34. The molecule has 0 saturated carbocycles. The van der Waals surface area contributed by atoms with Gasteiger partial charge in [0.25, 0.3) is 5.91 Å². The molecule has 17 heavy (non-hydrogen) atoms. The van der Waals surface area contributed by atoms with Crippen molar-refractivity contribution in [3.8, 4) is 0 Å². The maximum absolute atomic E-state index is 11.9. The number of rotatable bonds is 2. The van der Waals surface area contributed by atoms with E-state index in [1.54, 1.807) is 12.1 Å². The van der Waals surface area contributed by atoms with Gasteiger partial charge in [-0.15, -0.1) is 0 Å². The summed E-state index contributed by atoms with van der Waals surface area (Å²) in [5.41, 5.74) is 0.539. The molecule has 0 aromatic carbocycles. The van der Waals surface area contributed by atoms with Crippen LogP contribution in [0.1, 0.15) is 29.6 Å². The van der Waals surface area contributed by atoms with Crippen LogP contribution in [0.4, 0.5) is 0 Å². The Morgan fingerprint density at radius 1 is 1.47 bits per heavy atom. The monoisotopic (exact) mass is 252 g/mol. The lowest BCUT2D eigenvalue weighted by Crippen LogP contribution is -2.41. The van der Waals surface area contributed by atoms with Crippen LogP contribution in [0.15, 0.2) is 18.3 Å². The highest BCUT2D eigenvalue weighted by molar-refractivity contribution is 6.29. The number of carbonyl (C=O) groups excluding carboxylic acids is 1. The van der Waals surface area contributed by atoms with Crippen molar-refractivity contribution in [2.45, 2.75) is 37.5 Å². The fraction of sp³-hybridized carbons (Fsp3) is 0.500. The molecule has 2 aliphatic heterocycles. The molecule has 2 aliphatic rings. The Balaban J connectivity index is 1.65. The van der Waals surface area contributed by atoms with E-state index in [0.717, 1.165) is 19.3 Å². The molecule has 1 aromatic heterocycles. The van der Waals surface area contributed by atoms with E-state index >= 15 is 0 Å². The predicted octanol–water partition coefficient (Wildman–Crippen LogP) is 1.78. The topological polar surface area (TPSA) is 51.2 Å². The predicted molar refractivity (Wildman–Crippen MR) is 63.0 cm³/mol. The Morgan fingerprint density at radius 3 is 2.94 bits per heavy atom. The van der Waals surface area contributed by atoms with Crippen LogP contribution >= 0.6 is 11.6 Å². The number of hydrogen-bond acceptors (Lipinski definition) is 3. The summed E-state index contributed by atoms with van der Waals surface area (Å²) in [6, 6.07) is 3.45. The van der Waals surface area contributed by atoms with Gasteiger partial charge in [-0.1, -0.05) is 11.6 Å². The van der Waals surface area contributed by atoms with E-state index in [4.69, 9.17) is 16.3 Å². The lowest BCUT2D eigenvalue weighted by atomic mass is 9.95. The maximum Gasteiger partial charge on any atom is 0.253 e. The van der Waals surface area contributed by atoms with Crippen molar-refractivity contribution in [2.24, 2.45) is 0 Å². The van der Waals surface area contributed by atoms with E-state index in [0.29, 0.717) is 16.8 Å². The van der Waals surface area contributed by atoms with Crippen LogP contribution < -0.4 is 5.32 Å². The van der Waals surface area contributed by atoms with Crippen LogP contribution in [-0.4, -0.2) is 29.1 Å². The number of halogens is 1. The molecular formula is C12H13ClN2O2. The second kappa shape index (κ2) is 4.27. The summed E-state index contributed by atoms with van der Waals surface area (Å²) in [6.45, 7) is 0. The molecular weight excluding hydrogens is 240 g/mol. The van der Waals surface area contributed by atoms with E-state index < -0.39 is 0 Å². The minimum Gasteiger partial charge on any atom is -0.373 e. The average molecular weight is 253 g/mol. The zero-order valence-corrected chi connectivity index (χ0v) is 9.98. The zero-order valence-electron chi connectivity index (χ0n) is 9.23. The number of carbonyl (C=O) groups is 1. The van der Waals surface area contributed by atoms with Gasteiger partial charge in [-0.05, 0) is 31.4 Å². The smallest absolute Gasteiger partial charge is 0.253 e. The average Bonchev–Trinajstić information content (AvgIpc) is 2.91. The van der Waals surface area contributed by atoms with E-state index in [1.807, 2.05) is 0 Å². The minimum atomic E-state index is -0.102. The first-order valence-electron chi connectivity index (χ1n) is 5.80. The molecule has 5 heteroatoms. The number of fused-ring (bicyclic) bond motifs is 2. The summed E-state index contributed by atoms with van der Waals surface area (Å²) in [6.07, 6.45) is 5.13. The van der Waals surface area contributed by atoms with Gasteiger partial charge in [0, 0.05) is 6.20 Å². The van der Waals surface area contributed by atoms with Gasteiger partial charge in [-0.2, -0.15) is 0 Å². The highest BCUT2D eigenvalue weighted by Gasteiger charge is 2.41. The molecule has 1 N–H and O–H groups in total. The van der Waals surface area contributed by atoms with Gasteiger partial charge in [0.2, 0.25) is 0 Å². The number of pyridine rings is 1. The molecule has 1 aromatic rings. The third-order valence-electron chi connectivity index (χ3n) is 3.41. The summed E-state index contributed by atoms with van der Waals surface area (Å²) in [4.78, 5) is 15.8. The number of nitrogens with one attached hydrogen (secondary N) is 1. The van der Waals surface area contributed by atoms with Crippen LogP contribution in [0.3, 0.4) is 0 Å². The first-order chi connectivity index (χ1) is 8.22. The summed E-state index contributed by atoms with van der Waals surface area (Å²) in [7, 11) is 0. The van der Waals surface area contributed by atoms with Gasteiger partial charge < -0.3 is 10.1 Å². The van der Waals surface area contributed by atoms with Gasteiger partial charge in [-0.3, -0.25) is 4.79 Å². The quantitative estimate of drug-likeness (QED) is 0.817. The van der Waals surface area contributed by atoms with E-state index in [-0.39, 0.29) is 18.1 Å². The standard InChI is InChI=1S/C12H13ClN2O2/c13-11-4-1-7(6-14-11)12(16)15-9-5-8-2-3-10(9)17-8/h1,4,6,8-10H,2-3,5H2,(H,15,16). The third kappa shape index (κ3) is 2.15. The summed E-state index contributed by atoms with van der Waals surface area (Å²) >= 11 is 5.68. The Hall–Kier alpha value is -1.13. The third-order valence-corrected chi connectivity index (χ3v) is 3.64. The molecule has 2 saturated heterocycles. The van der Waals surface area contributed by atoms with Gasteiger partial charge in [-0.25, -0.2) is 4.98 Å². The van der Waals surface area contributed by atoms with Crippen molar-refractivity contribution in [2.75, 3.05) is 0 Å². The van der Waals surface area contributed by atoms with Crippen LogP contribution in [0.5, 0.6) is 0 Å². The van der Waals surface area contributed by atoms with Crippen molar-refractivity contribution >= 4 is 17.5 Å². The molecule has 0 spiro atoms. The van der Waals surface area contributed by atoms with Crippen molar-refractivity contribution in [3.63, 3.8) is 0 Å². The Morgan fingerprint density at radius 2 is 2.35 bits per heavy atom. The Labute approximate surface area is 104 Å². The SMILES string of the molecule is O=C(NC1CC2CCC1O2)c1ccc(Cl)nc1. The van der Waals surface area contributed by atoms with Gasteiger partial charge in [0.15, 0.2) is 0 Å². The van der Waals surface area contributed by atoms with Gasteiger partial charge in [0.1, 0.15) is 5.15 Å². The summed E-state index contributed by atoms with van der Waals surface area (Å²) < 4.78 is 5.69. The molecule has 2 bridgehead atoms. The molecule has 3 unspecified atom stereocenters. The van der Waals surface area contributed by atoms with Crippen LogP contribution in [0.25, 0.3) is 0 Å². The molecule has 1 amide bonds. The van der Waals surface area contributed by atoms with Crippen molar-refractivity contribution in [3.05, 3.63) is 29.0 Å². The summed E-state index contributed by atoms with van der Waals surface area (Å²) in [5.74, 6) is -0.102. The van der Waals surface area contributed by atoms with E-state index in [1.165, 1.54) is 6.20 Å². The van der Waals surface area contributed by atoms with E-state index in [9.17, 15) is 4.79 Å². The second-order valence-corrected chi connectivity index (χ2v) is 4.95. The molecule has 0 radical (unpaired) electrons. The maximum atomic E-state index is 11.9. The molecule has 2 fully saturated rings. The number of hydrogen-bond donors (Lipinski definition) is 1. The van der Waals surface area contributed by atoms with Gasteiger partial charge >= 0.3 is 0 Å². The van der Waals surface area contributed by atoms with Crippen LogP contribution in [0, 0.1) is 0 Å². The molecule has 3 rings (SSSR count). The van der Waals surface area contributed by atoms with Crippen molar-refractivity contribution in [1.82, 2.24) is 10.3 Å². The normalized spacial score (nSPS) is 30.5. The lowest BCUT2D eigenvalue weighted by molar-refractivity contribution is 0.0840. The molecule has 4 nitrogen and oxygen atoms in total. The molecule has 90 valence electrons. The van der Waals surface area contributed by atoms with E-state index in [2.05, 4.69) is 10.3 Å². The first-order valence-corrected chi connectivity index (χ1v) is 6.18. The second-order valence-electron chi connectivity index (χ2n) is 4.56. The number of aromatic nitrogens is 1.